The topological polar surface area (TPSA) is 42.4 Å². The minimum atomic E-state index is 0.0733. The van der Waals surface area contributed by atoms with Gasteiger partial charge in [0.05, 0.1) is 29.3 Å². The van der Waals surface area contributed by atoms with Gasteiger partial charge in [-0.3, -0.25) is 9.69 Å². The average molecular weight is 381 g/mol. The Morgan fingerprint density at radius 3 is 2.74 bits per heavy atom. The Kier molecular flexibility index (Phi) is 5.23. The lowest BCUT2D eigenvalue weighted by Crippen LogP contribution is -2.38. The van der Waals surface area contributed by atoms with E-state index < -0.39 is 0 Å². The number of benzene rings is 2. The molecule has 1 aliphatic rings. The molecule has 1 saturated heterocycles. The summed E-state index contributed by atoms with van der Waals surface area (Å²) in [6, 6.07) is 14.2. The maximum absolute atomic E-state index is 13.1. The Bertz CT molecular complexity index is 907. The van der Waals surface area contributed by atoms with Gasteiger partial charge in [0.1, 0.15) is 0 Å². The third-order valence-electron chi connectivity index (χ3n) is 5.13. The fourth-order valence-electron chi connectivity index (χ4n) is 3.43. The van der Waals surface area contributed by atoms with E-state index in [9.17, 15) is 4.79 Å². The summed E-state index contributed by atoms with van der Waals surface area (Å²) in [4.78, 5) is 19.8. The van der Waals surface area contributed by atoms with E-state index in [-0.39, 0.29) is 12.0 Å². The fraction of sp³-hybridized carbons (Fsp3) is 0.364. The molecule has 1 aliphatic heterocycles. The molecule has 2 heterocycles. The molecule has 1 aromatic heterocycles. The van der Waals surface area contributed by atoms with Crippen molar-refractivity contribution in [1.29, 1.82) is 0 Å². The Balaban J connectivity index is 1.65. The summed E-state index contributed by atoms with van der Waals surface area (Å²) in [6.45, 7) is 5.56. The zero-order valence-corrected chi connectivity index (χ0v) is 16.6. The van der Waals surface area contributed by atoms with Crippen LogP contribution < -0.4 is 4.90 Å². The van der Waals surface area contributed by atoms with Gasteiger partial charge in [0, 0.05) is 6.61 Å². The minimum Gasteiger partial charge on any atom is -0.376 e. The Hall–Kier alpha value is -2.24. The summed E-state index contributed by atoms with van der Waals surface area (Å²) >= 11 is 1.59. The quantitative estimate of drug-likeness (QED) is 0.646. The van der Waals surface area contributed by atoms with Gasteiger partial charge >= 0.3 is 0 Å². The van der Waals surface area contributed by atoms with Gasteiger partial charge in [-0.2, -0.15) is 0 Å². The van der Waals surface area contributed by atoms with E-state index in [1.807, 2.05) is 35.2 Å². The Morgan fingerprint density at radius 1 is 1.22 bits per heavy atom. The lowest BCUT2D eigenvalue weighted by molar-refractivity contribution is -0.118. The zero-order chi connectivity index (χ0) is 18.8. The van der Waals surface area contributed by atoms with Crippen LogP contribution in [-0.2, 0) is 16.0 Å². The van der Waals surface area contributed by atoms with Crippen molar-refractivity contribution in [3.8, 4) is 0 Å². The molecule has 0 radical (unpaired) electrons. The number of anilines is 1. The smallest absolute Gasteiger partial charge is 0.233 e. The van der Waals surface area contributed by atoms with E-state index >= 15 is 0 Å². The van der Waals surface area contributed by atoms with Gasteiger partial charge in [0.25, 0.3) is 0 Å². The van der Waals surface area contributed by atoms with E-state index in [0.717, 1.165) is 40.4 Å². The summed E-state index contributed by atoms with van der Waals surface area (Å²) in [5.74, 6) is 0.0733. The van der Waals surface area contributed by atoms with Gasteiger partial charge in [0.15, 0.2) is 5.13 Å². The molecule has 140 valence electrons. The van der Waals surface area contributed by atoms with Crippen molar-refractivity contribution >= 4 is 32.6 Å². The molecule has 1 atom stereocenters. The number of aromatic nitrogens is 1. The van der Waals surface area contributed by atoms with Gasteiger partial charge in [0.2, 0.25) is 5.91 Å². The first-order chi connectivity index (χ1) is 13.1. The SMILES string of the molecule is Cc1cc2nc(N(CC3CCCO3)C(=O)Cc3ccccc3)sc2cc1C. The number of hydrogen-bond donors (Lipinski definition) is 0. The van der Waals surface area contributed by atoms with Crippen LogP contribution in [0.3, 0.4) is 0 Å². The second-order valence-corrected chi connectivity index (χ2v) is 8.21. The van der Waals surface area contributed by atoms with Gasteiger partial charge in [-0.05, 0) is 55.5 Å². The van der Waals surface area contributed by atoms with Crippen LogP contribution in [0.15, 0.2) is 42.5 Å². The fourth-order valence-corrected chi connectivity index (χ4v) is 4.50. The zero-order valence-electron chi connectivity index (χ0n) is 15.8. The molecular weight excluding hydrogens is 356 g/mol. The predicted octanol–water partition coefficient (Wildman–Crippen LogP) is 4.67. The lowest BCUT2D eigenvalue weighted by atomic mass is 10.1. The summed E-state index contributed by atoms with van der Waals surface area (Å²) in [7, 11) is 0. The number of amides is 1. The van der Waals surface area contributed by atoms with Gasteiger partial charge in [-0.15, -0.1) is 0 Å². The first-order valence-electron chi connectivity index (χ1n) is 9.44. The first kappa shape index (κ1) is 18.1. The number of hydrogen-bond acceptors (Lipinski definition) is 4. The second kappa shape index (κ2) is 7.79. The van der Waals surface area contributed by atoms with Crippen LogP contribution in [0.5, 0.6) is 0 Å². The van der Waals surface area contributed by atoms with Crippen molar-refractivity contribution in [2.24, 2.45) is 0 Å². The van der Waals surface area contributed by atoms with E-state index in [1.165, 1.54) is 11.1 Å². The van der Waals surface area contributed by atoms with Gasteiger partial charge in [-0.1, -0.05) is 41.7 Å². The summed E-state index contributed by atoms with van der Waals surface area (Å²) in [6.07, 6.45) is 2.53. The van der Waals surface area contributed by atoms with E-state index in [4.69, 9.17) is 9.72 Å². The highest BCUT2D eigenvalue weighted by Gasteiger charge is 2.26. The molecule has 27 heavy (non-hydrogen) atoms. The van der Waals surface area contributed by atoms with Crippen LogP contribution in [0.4, 0.5) is 5.13 Å². The van der Waals surface area contributed by atoms with Gasteiger partial charge < -0.3 is 4.74 Å². The molecule has 4 rings (SSSR count). The van der Waals surface area contributed by atoms with Crippen LogP contribution in [0.1, 0.15) is 29.5 Å². The number of ether oxygens (including phenoxy) is 1. The Morgan fingerprint density at radius 2 is 2.00 bits per heavy atom. The first-order valence-corrected chi connectivity index (χ1v) is 10.3. The maximum Gasteiger partial charge on any atom is 0.233 e. The molecule has 1 fully saturated rings. The largest absolute Gasteiger partial charge is 0.376 e. The van der Waals surface area contributed by atoms with Crippen molar-refractivity contribution in [3.63, 3.8) is 0 Å². The van der Waals surface area contributed by atoms with Crippen molar-refractivity contribution in [2.45, 2.75) is 39.2 Å². The number of aryl methyl sites for hydroxylation is 2. The van der Waals surface area contributed by atoms with Crippen molar-refractivity contribution in [1.82, 2.24) is 4.98 Å². The predicted molar refractivity (Wildman–Crippen MR) is 111 cm³/mol. The highest BCUT2D eigenvalue weighted by atomic mass is 32.1. The molecule has 1 amide bonds. The third kappa shape index (κ3) is 4.04. The van der Waals surface area contributed by atoms with Crippen LogP contribution in [0.25, 0.3) is 10.2 Å². The normalized spacial score (nSPS) is 16.7. The van der Waals surface area contributed by atoms with E-state index in [1.54, 1.807) is 11.3 Å². The van der Waals surface area contributed by atoms with Crippen molar-refractivity contribution < 1.29 is 9.53 Å². The van der Waals surface area contributed by atoms with E-state index in [2.05, 4.69) is 26.0 Å². The van der Waals surface area contributed by atoms with Crippen LogP contribution in [0, 0.1) is 13.8 Å². The molecule has 0 spiro atoms. The molecule has 5 heteroatoms. The number of fused-ring (bicyclic) bond motifs is 1. The molecule has 1 unspecified atom stereocenters. The average Bonchev–Trinajstić information content (AvgIpc) is 3.30. The molecule has 3 aromatic rings. The number of nitrogens with zero attached hydrogens (tertiary/aromatic N) is 2. The number of rotatable bonds is 5. The van der Waals surface area contributed by atoms with Crippen LogP contribution >= 0.6 is 11.3 Å². The van der Waals surface area contributed by atoms with Crippen molar-refractivity contribution in [3.05, 3.63) is 59.2 Å². The number of carbonyl (C=O) groups excluding carboxylic acids is 1. The number of carbonyl (C=O) groups is 1. The summed E-state index contributed by atoms with van der Waals surface area (Å²) < 4.78 is 6.92. The summed E-state index contributed by atoms with van der Waals surface area (Å²) in [5.41, 5.74) is 4.45. The molecular formula is C22H24N2O2S. The second-order valence-electron chi connectivity index (χ2n) is 7.20. The highest BCUT2D eigenvalue weighted by molar-refractivity contribution is 7.22. The molecule has 0 saturated carbocycles. The molecule has 2 aromatic carbocycles. The minimum absolute atomic E-state index is 0.0733. The van der Waals surface area contributed by atoms with Gasteiger partial charge in [-0.25, -0.2) is 4.98 Å². The molecule has 4 nitrogen and oxygen atoms in total. The Labute approximate surface area is 163 Å². The standard InChI is InChI=1S/C22H24N2O2S/c1-15-11-19-20(12-16(15)2)27-22(23-19)24(14-18-9-6-10-26-18)21(25)13-17-7-4-3-5-8-17/h3-5,7-8,11-12,18H,6,9-10,13-14H2,1-2H3. The van der Waals surface area contributed by atoms with Crippen LogP contribution in [0.2, 0.25) is 0 Å². The van der Waals surface area contributed by atoms with E-state index in [0.29, 0.717) is 13.0 Å². The lowest BCUT2D eigenvalue weighted by Gasteiger charge is -2.23. The molecule has 0 aliphatic carbocycles. The third-order valence-corrected chi connectivity index (χ3v) is 6.17. The number of thiazole rings is 1. The molecule has 0 bridgehead atoms. The maximum atomic E-state index is 13.1. The monoisotopic (exact) mass is 380 g/mol. The summed E-state index contributed by atoms with van der Waals surface area (Å²) in [5, 5.41) is 0.770. The van der Waals surface area contributed by atoms with Crippen LogP contribution in [-0.4, -0.2) is 30.1 Å². The van der Waals surface area contributed by atoms with Crippen molar-refractivity contribution in [2.75, 3.05) is 18.1 Å². The highest BCUT2D eigenvalue weighted by Crippen LogP contribution is 2.32. The molecule has 0 N–H and O–H groups in total.